The molecule has 1 unspecified atom stereocenters. The Kier molecular flexibility index (Phi) is 5.38. The lowest BCUT2D eigenvalue weighted by Gasteiger charge is -2.42. The molecule has 2 saturated heterocycles. The predicted molar refractivity (Wildman–Crippen MR) is 102 cm³/mol. The fraction of sp³-hybridized carbons (Fsp3) is 0.619. The lowest BCUT2D eigenvalue weighted by atomic mass is 9.89. The van der Waals surface area contributed by atoms with Crippen LogP contribution in [0.1, 0.15) is 42.5 Å². The van der Waals surface area contributed by atoms with Gasteiger partial charge in [-0.15, -0.1) is 0 Å². The third-order valence-electron chi connectivity index (χ3n) is 6.31. The van der Waals surface area contributed by atoms with E-state index in [4.69, 9.17) is 4.74 Å². The molecule has 1 aromatic rings. The van der Waals surface area contributed by atoms with E-state index in [1.807, 2.05) is 11.9 Å². The fourth-order valence-electron chi connectivity index (χ4n) is 4.63. The Hall–Kier alpha value is -1.99. The second kappa shape index (κ2) is 7.79. The van der Waals surface area contributed by atoms with Gasteiger partial charge < -0.3 is 14.5 Å². The standard InChI is InChI=1S/C21H28FN3O3/c1-23-11-13-24(14-12-23)20(27)18-15-28-21(9-3-2-4-10-21)25(18)19(26)16-5-7-17(22)8-6-16/h5-8,18H,2-4,9-15H2,1H3. The van der Waals surface area contributed by atoms with Gasteiger partial charge in [0.05, 0.1) is 6.61 Å². The maximum atomic E-state index is 13.4. The molecule has 28 heavy (non-hydrogen) atoms. The van der Waals surface area contributed by atoms with Crippen molar-refractivity contribution < 1.29 is 18.7 Å². The van der Waals surface area contributed by atoms with Crippen molar-refractivity contribution in [2.75, 3.05) is 39.8 Å². The van der Waals surface area contributed by atoms with Gasteiger partial charge in [-0.05, 0) is 57.0 Å². The minimum Gasteiger partial charge on any atom is -0.353 e. The molecule has 1 aliphatic carbocycles. The number of hydrogen-bond donors (Lipinski definition) is 0. The van der Waals surface area contributed by atoms with Crippen LogP contribution in [0.4, 0.5) is 4.39 Å². The van der Waals surface area contributed by atoms with E-state index >= 15 is 0 Å². The number of carbonyl (C=O) groups excluding carboxylic acids is 2. The van der Waals surface area contributed by atoms with Crippen molar-refractivity contribution in [3.05, 3.63) is 35.6 Å². The largest absolute Gasteiger partial charge is 0.353 e. The van der Waals surface area contributed by atoms with E-state index in [9.17, 15) is 14.0 Å². The number of hydrogen-bond acceptors (Lipinski definition) is 4. The zero-order valence-electron chi connectivity index (χ0n) is 16.4. The molecule has 2 heterocycles. The van der Waals surface area contributed by atoms with Crippen molar-refractivity contribution >= 4 is 11.8 Å². The van der Waals surface area contributed by atoms with Crippen LogP contribution >= 0.6 is 0 Å². The summed E-state index contributed by atoms with van der Waals surface area (Å²) >= 11 is 0. The molecule has 3 fully saturated rings. The number of amides is 2. The summed E-state index contributed by atoms with van der Waals surface area (Å²) in [6.07, 6.45) is 4.55. The lowest BCUT2D eigenvalue weighted by Crippen LogP contribution is -2.58. The molecule has 0 aromatic heterocycles. The van der Waals surface area contributed by atoms with Gasteiger partial charge in [-0.3, -0.25) is 14.5 Å². The molecule has 1 spiro atoms. The Balaban J connectivity index is 1.62. The van der Waals surface area contributed by atoms with Crippen LogP contribution in [-0.2, 0) is 9.53 Å². The van der Waals surface area contributed by atoms with Crippen LogP contribution in [-0.4, -0.2) is 78.1 Å². The summed E-state index contributed by atoms with van der Waals surface area (Å²) in [5, 5.41) is 0. The van der Waals surface area contributed by atoms with Crippen molar-refractivity contribution in [2.24, 2.45) is 0 Å². The van der Waals surface area contributed by atoms with E-state index in [0.717, 1.165) is 45.2 Å². The van der Waals surface area contributed by atoms with Gasteiger partial charge in [0.15, 0.2) is 0 Å². The highest BCUT2D eigenvalue weighted by molar-refractivity contribution is 5.98. The molecule has 1 atom stereocenters. The molecule has 7 heteroatoms. The first kappa shape index (κ1) is 19.3. The number of halogens is 1. The maximum absolute atomic E-state index is 13.4. The summed E-state index contributed by atoms with van der Waals surface area (Å²) in [5.74, 6) is -0.662. The number of piperazine rings is 1. The minimum absolute atomic E-state index is 0.0361. The van der Waals surface area contributed by atoms with Crippen LogP contribution < -0.4 is 0 Å². The van der Waals surface area contributed by atoms with Crippen molar-refractivity contribution in [1.82, 2.24) is 14.7 Å². The number of nitrogens with zero attached hydrogens (tertiary/aromatic N) is 3. The van der Waals surface area contributed by atoms with Crippen LogP contribution in [0.2, 0.25) is 0 Å². The molecule has 2 amide bonds. The van der Waals surface area contributed by atoms with E-state index in [0.29, 0.717) is 18.7 Å². The normalized spacial score (nSPS) is 25.3. The number of carbonyl (C=O) groups is 2. The van der Waals surface area contributed by atoms with Gasteiger partial charge in [-0.25, -0.2) is 4.39 Å². The van der Waals surface area contributed by atoms with E-state index < -0.39 is 11.8 Å². The van der Waals surface area contributed by atoms with Gasteiger partial charge in [0.2, 0.25) is 5.91 Å². The highest BCUT2D eigenvalue weighted by Gasteiger charge is 2.53. The first-order valence-electron chi connectivity index (χ1n) is 10.2. The summed E-state index contributed by atoms with van der Waals surface area (Å²) in [6, 6.07) is 4.94. The Labute approximate surface area is 165 Å². The van der Waals surface area contributed by atoms with Crippen molar-refractivity contribution in [3.63, 3.8) is 0 Å². The van der Waals surface area contributed by atoms with Crippen LogP contribution in [0.25, 0.3) is 0 Å². The molecule has 2 aliphatic heterocycles. The Morgan fingerprint density at radius 3 is 2.32 bits per heavy atom. The minimum atomic E-state index is -0.712. The third-order valence-corrected chi connectivity index (χ3v) is 6.31. The van der Waals surface area contributed by atoms with E-state index in [2.05, 4.69) is 4.90 Å². The van der Waals surface area contributed by atoms with Gasteiger partial charge in [0.1, 0.15) is 17.6 Å². The lowest BCUT2D eigenvalue weighted by molar-refractivity contribution is -0.138. The van der Waals surface area contributed by atoms with E-state index in [1.165, 1.54) is 24.3 Å². The average molecular weight is 389 g/mol. The molecule has 6 nitrogen and oxygen atoms in total. The zero-order valence-corrected chi connectivity index (χ0v) is 16.4. The smallest absolute Gasteiger partial charge is 0.256 e. The highest BCUT2D eigenvalue weighted by atomic mass is 19.1. The second-order valence-electron chi connectivity index (χ2n) is 8.14. The number of rotatable bonds is 2. The van der Waals surface area contributed by atoms with Gasteiger partial charge in [-0.1, -0.05) is 6.42 Å². The Morgan fingerprint density at radius 1 is 1.04 bits per heavy atom. The van der Waals surface area contributed by atoms with E-state index in [-0.39, 0.29) is 24.2 Å². The quantitative estimate of drug-likeness (QED) is 0.777. The predicted octanol–water partition coefficient (Wildman–Crippen LogP) is 2.10. The van der Waals surface area contributed by atoms with Crippen molar-refractivity contribution in [1.29, 1.82) is 0 Å². The molecule has 3 aliphatic rings. The summed E-state index contributed by atoms with van der Waals surface area (Å²) in [4.78, 5) is 32.5. The molecule has 1 aromatic carbocycles. The summed E-state index contributed by atoms with van der Waals surface area (Å²) < 4.78 is 19.5. The molecule has 1 saturated carbocycles. The molecule has 4 rings (SSSR count). The summed E-state index contributed by atoms with van der Waals surface area (Å²) in [6.45, 7) is 3.22. The van der Waals surface area contributed by atoms with E-state index in [1.54, 1.807) is 4.90 Å². The van der Waals surface area contributed by atoms with Gasteiger partial charge in [-0.2, -0.15) is 0 Å². The van der Waals surface area contributed by atoms with Gasteiger partial charge >= 0.3 is 0 Å². The van der Waals surface area contributed by atoms with Crippen molar-refractivity contribution in [2.45, 2.75) is 43.9 Å². The molecule has 0 N–H and O–H groups in total. The van der Waals surface area contributed by atoms with Gasteiger partial charge in [0.25, 0.3) is 5.91 Å². The Morgan fingerprint density at radius 2 is 1.68 bits per heavy atom. The molecular formula is C21H28FN3O3. The van der Waals surface area contributed by atoms with Crippen molar-refractivity contribution in [3.8, 4) is 0 Å². The first-order valence-corrected chi connectivity index (χ1v) is 10.2. The molecule has 0 radical (unpaired) electrons. The van der Waals surface area contributed by atoms with Crippen LogP contribution in [0.15, 0.2) is 24.3 Å². The summed E-state index contributed by atoms with van der Waals surface area (Å²) in [7, 11) is 2.04. The third kappa shape index (κ3) is 3.53. The molecular weight excluding hydrogens is 361 g/mol. The van der Waals surface area contributed by atoms with Crippen LogP contribution in [0.5, 0.6) is 0 Å². The number of likely N-dealkylation sites (N-methyl/N-ethyl adjacent to an activating group) is 1. The monoisotopic (exact) mass is 389 g/mol. The second-order valence-corrected chi connectivity index (χ2v) is 8.14. The average Bonchev–Trinajstić information content (AvgIpc) is 3.07. The highest BCUT2D eigenvalue weighted by Crippen LogP contribution is 2.41. The molecule has 0 bridgehead atoms. The topological polar surface area (TPSA) is 53.1 Å². The fourth-order valence-corrected chi connectivity index (χ4v) is 4.63. The number of benzene rings is 1. The number of ether oxygens (including phenoxy) is 1. The van der Waals surface area contributed by atoms with Gasteiger partial charge in [0, 0.05) is 31.7 Å². The zero-order chi connectivity index (χ0) is 19.7. The summed E-state index contributed by atoms with van der Waals surface area (Å²) in [5.41, 5.74) is -0.315. The van der Waals surface area contributed by atoms with Crippen LogP contribution in [0.3, 0.4) is 0 Å². The Bertz CT molecular complexity index is 725. The van der Waals surface area contributed by atoms with Crippen LogP contribution in [0, 0.1) is 5.82 Å². The maximum Gasteiger partial charge on any atom is 0.256 e. The molecule has 152 valence electrons. The SMILES string of the molecule is CN1CCN(C(=O)C2COC3(CCCCC3)N2C(=O)c2ccc(F)cc2)CC1. The first-order chi connectivity index (χ1) is 13.5.